The van der Waals surface area contributed by atoms with Crippen LogP contribution in [-0.2, 0) is 16.4 Å². The van der Waals surface area contributed by atoms with Crippen molar-refractivity contribution < 1.29 is 8.42 Å². The molecule has 5 heteroatoms. The number of rotatable bonds is 5. The molecule has 1 heterocycles. The molecule has 0 unspecified atom stereocenters. The third-order valence-electron chi connectivity index (χ3n) is 3.63. The van der Waals surface area contributed by atoms with Gasteiger partial charge in [0, 0.05) is 32.7 Å². The summed E-state index contributed by atoms with van der Waals surface area (Å²) in [7, 11) is -3.15. The summed E-state index contributed by atoms with van der Waals surface area (Å²) in [6, 6.07) is 5.69. The second-order valence-electron chi connectivity index (χ2n) is 5.46. The molecule has 0 spiro atoms. The van der Waals surface area contributed by atoms with E-state index in [4.69, 9.17) is 0 Å². The number of nitrogens with zero attached hydrogens (tertiary/aromatic N) is 1. The number of benzene rings is 1. The van der Waals surface area contributed by atoms with E-state index in [1.54, 1.807) is 6.07 Å². The maximum atomic E-state index is 12.4. The number of aryl methyl sites for hydroxylation is 1. The number of piperazine rings is 1. The first-order valence-corrected chi connectivity index (χ1v) is 8.93. The summed E-state index contributed by atoms with van der Waals surface area (Å²) in [4.78, 5) is 2.83. The maximum Gasteiger partial charge on any atom is 0.178 e. The molecule has 0 aromatic heterocycles. The Morgan fingerprint density at radius 3 is 2.60 bits per heavy atom. The fraction of sp³-hybridized carbons (Fsp3) is 0.600. The van der Waals surface area contributed by atoms with Gasteiger partial charge in [0.25, 0.3) is 0 Å². The minimum atomic E-state index is -3.15. The third-order valence-corrected chi connectivity index (χ3v) is 5.64. The number of sulfone groups is 1. The fourth-order valence-corrected chi connectivity index (χ4v) is 4.18. The summed E-state index contributed by atoms with van der Waals surface area (Å²) in [5, 5.41) is 3.32. The smallest absolute Gasteiger partial charge is 0.178 e. The predicted molar refractivity (Wildman–Crippen MR) is 81.7 cm³/mol. The van der Waals surface area contributed by atoms with E-state index in [9.17, 15) is 8.42 Å². The average Bonchev–Trinajstić information content (AvgIpc) is 2.39. The van der Waals surface area contributed by atoms with Crippen LogP contribution in [0.15, 0.2) is 23.1 Å². The highest BCUT2D eigenvalue weighted by molar-refractivity contribution is 7.91. The third kappa shape index (κ3) is 3.81. The molecule has 0 aliphatic carbocycles. The van der Waals surface area contributed by atoms with Crippen molar-refractivity contribution in [3.63, 3.8) is 0 Å². The number of hydrogen-bond acceptors (Lipinski definition) is 4. The lowest BCUT2D eigenvalue weighted by Crippen LogP contribution is -2.43. The molecule has 1 fully saturated rings. The molecule has 1 N–H and O–H groups in total. The Kier molecular flexibility index (Phi) is 5.18. The van der Waals surface area contributed by atoms with Gasteiger partial charge in [-0.25, -0.2) is 8.42 Å². The van der Waals surface area contributed by atoms with Gasteiger partial charge in [0.1, 0.15) is 0 Å². The van der Waals surface area contributed by atoms with Crippen LogP contribution in [0.2, 0.25) is 0 Å². The van der Waals surface area contributed by atoms with Crippen molar-refractivity contribution in [1.82, 2.24) is 10.2 Å². The van der Waals surface area contributed by atoms with E-state index in [-0.39, 0.29) is 5.75 Å². The van der Waals surface area contributed by atoms with E-state index in [2.05, 4.69) is 10.2 Å². The maximum absolute atomic E-state index is 12.4. The number of nitrogens with one attached hydrogen (secondary N) is 1. The molecule has 0 saturated carbocycles. The Morgan fingerprint density at radius 1 is 1.25 bits per heavy atom. The molecule has 0 radical (unpaired) electrons. The molecule has 1 saturated heterocycles. The van der Waals surface area contributed by atoms with E-state index in [1.165, 1.54) is 0 Å². The Hall–Kier alpha value is -0.910. The second-order valence-corrected chi connectivity index (χ2v) is 7.53. The lowest BCUT2D eigenvalue weighted by molar-refractivity contribution is 0.231. The first kappa shape index (κ1) is 15.5. The van der Waals surface area contributed by atoms with Crippen LogP contribution in [0.25, 0.3) is 0 Å². The molecule has 1 aliphatic rings. The standard InChI is InChI=1S/C15H24N2O2S/c1-3-10-20(18,19)15-5-4-13(2)11-14(15)12-17-8-6-16-7-9-17/h4-5,11,16H,3,6-10,12H2,1-2H3. The summed E-state index contributed by atoms with van der Waals surface area (Å²) in [5.41, 5.74) is 2.06. The molecular weight excluding hydrogens is 272 g/mol. The first-order valence-electron chi connectivity index (χ1n) is 7.28. The zero-order chi connectivity index (χ0) is 14.6. The Bertz CT molecular complexity index is 549. The Morgan fingerprint density at radius 2 is 1.95 bits per heavy atom. The van der Waals surface area contributed by atoms with Crippen LogP contribution in [0.1, 0.15) is 24.5 Å². The molecule has 4 nitrogen and oxygen atoms in total. The van der Waals surface area contributed by atoms with Crippen LogP contribution in [0, 0.1) is 6.92 Å². The second kappa shape index (κ2) is 6.70. The van der Waals surface area contributed by atoms with Crippen molar-refractivity contribution in [1.29, 1.82) is 0 Å². The molecule has 0 atom stereocenters. The highest BCUT2D eigenvalue weighted by Gasteiger charge is 2.20. The summed E-state index contributed by atoms with van der Waals surface area (Å²) in [6.07, 6.45) is 0.656. The molecule has 2 rings (SSSR count). The van der Waals surface area contributed by atoms with Crippen LogP contribution in [0.5, 0.6) is 0 Å². The van der Waals surface area contributed by atoms with Gasteiger partial charge < -0.3 is 5.32 Å². The SMILES string of the molecule is CCCS(=O)(=O)c1ccc(C)cc1CN1CCNCC1. The van der Waals surface area contributed by atoms with E-state index in [0.29, 0.717) is 11.3 Å². The van der Waals surface area contributed by atoms with Crippen LogP contribution >= 0.6 is 0 Å². The summed E-state index contributed by atoms with van der Waals surface area (Å²) >= 11 is 0. The zero-order valence-corrected chi connectivity index (χ0v) is 13.2. The highest BCUT2D eigenvalue weighted by Crippen LogP contribution is 2.21. The monoisotopic (exact) mass is 296 g/mol. The van der Waals surface area contributed by atoms with Gasteiger partial charge in [-0.15, -0.1) is 0 Å². The molecule has 1 aliphatic heterocycles. The van der Waals surface area contributed by atoms with Crippen LogP contribution < -0.4 is 5.32 Å². The van der Waals surface area contributed by atoms with E-state index in [1.807, 2.05) is 26.0 Å². The van der Waals surface area contributed by atoms with Gasteiger partial charge in [0.2, 0.25) is 0 Å². The average molecular weight is 296 g/mol. The molecule has 0 amide bonds. The molecular formula is C15H24N2O2S. The largest absolute Gasteiger partial charge is 0.314 e. The topological polar surface area (TPSA) is 49.4 Å². The van der Waals surface area contributed by atoms with Gasteiger partial charge in [-0.2, -0.15) is 0 Å². The van der Waals surface area contributed by atoms with Gasteiger partial charge in [0.05, 0.1) is 10.6 Å². The Labute approximate surface area is 122 Å². The van der Waals surface area contributed by atoms with E-state index >= 15 is 0 Å². The van der Waals surface area contributed by atoms with Gasteiger partial charge in [-0.05, 0) is 25.0 Å². The van der Waals surface area contributed by atoms with Gasteiger partial charge in [0.15, 0.2) is 9.84 Å². The number of hydrogen-bond donors (Lipinski definition) is 1. The van der Waals surface area contributed by atoms with Crippen molar-refractivity contribution in [2.45, 2.75) is 31.7 Å². The van der Waals surface area contributed by atoms with Crippen LogP contribution in [0.3, 0.4) is 0 Å². The molecule has 112 valence electrons. The summed E-state index contributed by atoms with van der Waals surface area (Å²) < 4.78 is 24.8. The van der Waals surface area contributed by atoms with Crippen LogP contribution in [-0.4, -0.2) is 45.2 Å². The highest BCUT2D eigenvalue weighted by atomic mass is 32.2. The van der Waals surface area contributed by atoms with Gasteiger partial charge in [-0.3, -0.25) is 4.90 Å². The van der Waals surface area contributed by atoms with Crippen molar-refractivity contribution in [2.24, 2.45) is 0 Å². The fourth-order valence-electron chi connectivity index (χ4n) is 2.62. The minimum Gasteiger partial charge on any atom is -0.314 e. The molecule has 1 aromatic rings. The van der Waals surface area contributed by atoms with E-state index in [0.717, 1.165) is 43.9 Å². The quantitative estimate of drug-likeness (QED) is 0.896. The van der Waals surface area contributed by atoms with Crippen molar-refractivity contribution in [2.75, 3.05) is 31.9 Å². The minimum absolute atomic E-state index is 0.227. The lowest BCUT2D eigenvalue weighted by atomic mass is 10.1. The van der Waals surface area contributed by atoms with E-state index < -0.39 is 9.84 Å². The Balaban J connectivity index is 2.28. The van der Waals surface area contributed by atoms with Crippen molar-refractivity contribution >= 4 is 9.84 Å². The van der Waals surface area contributed by atoms with Crippen molar-refractivity contribution in [3.8, 4) is 0 Å². The predicted octanol–water partition coefficient (Wildman–Crippen LogP) is 1.58. The van der Waals surface area contributed by atoms with Gasteiger partial charge >= 0.3 is 0 Å². The zero-order valence-electron chi connectivity index (χ0n) is 12.4. The molecule has 1 aromatic carbocycles. The summed E-state index contributed by atoms with van der Waals surface area (Å²) in [6.45, 7) is 8.54. The lowest BCUT2D eigenvalue weighted by Gasteiger charge is -2.28. The first-order chi connectivity index (χ1) is 9.53. The molecule has 0 bridgehead atoms. The van der Waals surface area contributed by atoms with Crippen LogP contribution in [0.4, 0.5) is 0 Å². The van der Waals surface area contributed by atoms with Crippen molar-refractivity contribution in [3.05, 3.63) is 29.3 Å². The normalized spacial score (nSPS) is 17.3. The van der Waals surface area contributed by atoms with Gasteiger partial charge in [-0.1, -0.05) is 24.6 Å². The molecule has 20 heavy (non-hydrogen) atoms. The summed E-state index contributed by atoms with van der Waals surface area (Å²) in [5.74, 6) is 0.227.